The topological polar surface area (TPSA) is 248 Å². The van der Waals surface area contributed by atoms with E-state index < -0.39 is 137 Å². The van der Waals surface area contributed by atoms with Crippen molar-refractivity contribution in [3.63, 3.8) is 0 Å². The summed E-state index contributed by atoms with van der Waals surface area (Å²) in [6.07, 6.45) is 3.31. The second-order valence-electron chi connectivity index (χ2n) is 25.1. The Balaban J connectivity index is 1.73. The molecule has 466 valence electrons. The molecule has 3 aromatic rings. The van der Waals surface area contributed by atoms with Gasteiger partial charge in [0.25, 0.3) is 5.91 Å². The third-order valence-corrected chi connectivity index (χ3v) is 16.9. The molecule has 0 bridgehead atoms. The van der Waals surface area contributed by atoms with E-state index in [1.54, 1.807) is 85.1 Å². The lowest BCUT2D eigenvalue weighted by Crippen LogP contribution is -2.63. The van der Waals surface area contributed by atoms with Crippen molar-refractivity contribution < 1.29 is 53.0 Å². The second-order valence-corrected chi connectivity index (χ2v) is 25.1. The highest BCUT2D eigenvalue weighted by molar-refractivity contribution is 5.99. The van der Waals surface area contributed by atoms with Gasteiger partial charge in [-0.3, -0.25) is 43.3 Å². The van der Waals surface area contributed by atoms with Crippen molar-refractivity contribution in [2.45, 2.75) is 188 Å². The molecule has 2 unspecified atom stereocenters. The van der Waals surface area contributed by atoms with Crippen LogP contribution in [0.25, 0.3) is 11.1 Å². The minimum Gasteiger partial charge on any atom is -0.450 e. The van der Waals surface area contributed by atoms with Gasteiger partial charge in [-0.1, -0.05) is 136 Å². The minimum absolute atomic E-state index is 0.0151. The first-order valence-electron chi connectivity index (χ1n) is 30.2. The molecule has 4 N–H and O–H groups in total. The molecule has 0 aliphatic carbocycles. The highest BCUT2D eigenvalue weighted by atomic mass is 16.6. The van der Waals surface area contributed by atoms with Gasteiger partial charge in [0.15, 0.2) is 12.1 Å². The van der Waals surface area contributed by atoms with E-state index in [1.807, 2.05) is 63.2 Å². The molecule has 2 saturated heterocycles. The lowest BCUT2D eigenvalue weighted by molar-refractivity contribution is -0.177. The summed E-state index contributed by atoms with van der Waals surface area (Å²) < 4.78 is 6.12. The van der Waals surface area contributed by atoms with E-state index >= 15 is 19.2 Å². The largest absolute Gasteiger partial charge is 0.450 e. The van der Waals surface area contributed by atoms with Crippen LogP contribution in [0.15, 0.2) is 79.1 Å². The Morgan fingerprint density at radius 1 is 0.612 bits per heavy atom. The molecule has 0 saturated carbocycles. The number of carbonyl (C=O) groups is 9. The first kappa shape index (κ1) is 68.6. The first-order chi connectivity index (χ1) is 39.9. The molecule has 20 heteroatoms. The molecular weight excluding hydrogens is 1080 g/mol. The van der Waals surface area contributed by atoms with Crippen LogP contribution < -0.4 is 16.0 Å². The monoisotopic (exact) mass is 1180 g/mol. The fourth-order valence-corrected chi connectivity index (χ4v) is 11.8. The van der Waals surface area contributed by atoms with Crippen molar-refractivity contribution in [2.75, 3.05) is 34.7 Å². The smallest absolute Gasteiger partial charge is 0.332 e. The van der Waals surface area contributed by atoms with E-state index in [9.17, 15) is 29.1 Å². The van der Waals surface area contributed by atoms with Crippen LogP contribution in [0.1, 0.15) is 126 Å². The SMILES string of the molecule is CCC(C)[C@@H]1NC(=O)[C@@H]2CCCN2C(=O)[C@H](Cc2cccc(-c3cccnc3)c2)N(C)C(=O)[C@H](Cc2ccccc2)NC(=O)[C@H](C(C)C)N(C)C(=O)[C@@H](C(C)CC)OC(=O)[C@H](C(C)(C)O)N(C)C(=O)[C@H](CC(C)C)NC(=O)[C@H](C(C)C)N(C)C1=O. The molecule has 2 aliphatic rings. The molecule has 2 fully saturated rings. The lowest BCUT2D eigenvalue weighted by atomic mass is 9.93. The zero-order valence-corrected chi connectivity index (χ0v) is 53.0. The van der Waals surface area contributed by atoms with Crippen molar-refractivity contribution in [1.29, 1.82) is 0 Å². The predicted molar refractivity (Wildman–Crippen MR) is 325 cm³/mol. The number of hydrogen-bond donors (Lipinski definition) is 4. The highest BCUT2D eigenvalue weighted by Crippen LogP contribution is 2.28. The van der Waals surface area contributed by atoms with Crippen molar-refractivity contribution in [1.82, 2.24) is 45.4 Å². The summed E-state index contributed by atoms with van der Waals surface area (Å²) in [6.45, 7) is 20.6. The third-order valence-electron chi connectivity index (χ3n) is 16.9. The summed E-state index contributed by atoms with van der Waals surface area (Å²) in [4.78, 5) is 146. The van der Waals surface area contributed by atoms with Gasteiger partial charge in [0.05, 0.1) is 5.60 Å². The average molecular weight is 1180 g/mol. The fourth-order valence-electron chi connectivity index (χ4n) is 11.8. The number of aromatic nitrogens is 1. The molecule has 3 heterocycles. The standard InChI is InChI=1S/C65H95N9O11/c1-17-41(9)51-62(81)71(14)52(39(5)6)57(76)67-47(33-38(3)4)60(79)73(16)55(65(11,12)84)64(83)85-54(42(10)18-2)63(82)72(15)53(40(7)8)58(77)68-48(35-43-25-20-19-21-26-43)59(78)70(13)50(61(80)74-32-24-30-49(74)56(75)69-51)36-44-27-22-28-45(34-44)46-29-23-31-66-37-46/h19-23,25-29,31,34,37-42,47-55,84H,17-18,24,30,32-33,35-36H2,1-16H3,(H,67,76)(H,68,77)(H,69,75)/t41?,42?,47-,48-,49-,50-,51-,52-,53-,54+,55+/m0/s1. The van der Waals surface area contributed by atoms with E-state index in [0.29, 0.717) is 30.4 Å². The van der Waals surface area contributed by atoms with Crippen LogP contribution in [0.4, 0.5) is 0 Å². The average Bonchev–Trinajstić information content (AvgIpc) is 2.75. The maximum Gasteiger partial charge on any atom is 0.332 e. The van der Waals surface area contributed by atoms with Crippen molar-refractivity contribution in [3.8, 4) is 11.1 Å². The van der Waals surface area contributed by atoms with Crippen LogP contribution in [0.2, 0.25) is 0 Å². The molecule has 1 aromatic heterocycles. The van der Waals surface area contributed by atoms with Crippen LogP contribution in [-0.2, 0) is 60.7 Å². The molecule has 2 aliphatic heterocycles. The number of benzene rings is 2. The normalized spacial score (nSPS) is 25.4. The third kappa shape index (κ3) is 17.0. The van der Waals surface area contributed by atoms with Gasteiger partial charge in [-0.2, -0.15) is 0 Å². The number of aliphatic hydroxyl groups is 1. The number of fused-ring (bicyclic) bond motifs is 1. The van der Waals surface area contributed by atoms with Gasteiger partial charge in [-0.15, -0.1) is 0 Å². The summed E-state index contributed by atoms with van der Waals surface area (Å²) in [6, 6.07) is 9.99. The summed E-state index contributed by atoms with van der Waals surface area (Å²) >= 11 is 0. The van der Waals surface area contributed by atoms with Gasteiger partial charge >= 0.3 is 5.97 Å². The van der Waals surface area contributed by atoms with Gasteiger partial charge in [-0.25, -0.2) is 4.79 Å². The number of likely N-dealkylation sites (N-methyl/N-ethyl adjacent to an activating group) is 4. The number of nitrogens with one attached hydrogen (secondary N) is 3. The molecule has 8 amide bonds. The zero-order chi connectivity index (χ0) is 63.4. The Labute approximate surface area is 503 Å². The van der Waals surface area contributed by atoms with Crippen molar-refractivity contribution in [3.05, 3.63) is 90.3 Å². The Hall–Kier alpha value is -7.22. The number of carbonyl (C=O) groups excluding carboxylic acids is 9. The lowest BCUT2D eigenvalue weighted by Gasteiger charge is -2.39. The van der Waals surface area contributed by atoms with Crippen LogP contribution in [0.3, 0.4) is 0 Å². The Kier molecular flexibility index (Phi) is 24.4. The van der Waals surface area contributed by atoms with E-state index in [-0.39, 0.29) is 38.1 Å². The van der Waals surface area contributed by atoms with E-state index in [2.05, 4.69) is 20.9 Å². The summed E-state index contributed by atoms with van der Waals surface area (Å²) in [7, 11) is 5.67. The zero-order valence-electron chi connectivity index (χ0n) is 53.0. The molecule has 0 radical (unpaired) electrons. The van der Waals surface area contributed by atoms with Gasteiger partial charge < -0.3 is 50.3 Å². The summed E-state index contributed by atoms with van der Waals surface area (Å²) in [5.74, 6) is -8.84. The van der Waals surface area contributed by atoms with Crippen LogP contribution in [0, 0.1) is 29.6 Å². The second kappa shape index (κ2) is 30.2. The van der Waals surface area contributed by atoms with Crippen molar-refractivity contribution in [2.24, 2.45) is 29.6 Å². The van der Waals surface area contributed by atoms with Gasteiger partial charge in [0.1, 0.15) is 42.3 Å². The van der Waals surface area contributed by atoms with E-state index in [1.165, 1.54) is 61.6 Å². The molecule has 0 spiro atoms. The Morgan fingerprint density at radius 3 is 1.73 bits per heavy atom. The summed E-state index contributed by atoms with van der Waals surface area (Å²) in [5.41, 5.74) is 1.01. The molecule has 2 aromatic carbocycles. The molecule has 20 nitrogen and oxygen atoms in total. The quantitative estimate of drug-likeness (QED) is 0.148. The number of pyridine rings is 1. The maximum absolute atomic E-state index is 15.6. The van der Waals surface area contributed by atoms with Crippen LogP contribution >= 0.6 is 0 Å². The summed E-state index contributed by atoms with van der Waals surface area (Å²) in [5, 5.41) is 20.6. The van der Waals surface area contributed by atoms with E-state index in [0.717, 1.165) is 16.0 Å². The van der Waals surface area contributed by atoms with E-state index in [4.69, 9.17) is 4.74 Å². The highest BCUT2D eigenvalue weighted by Gasteiger charge is 2.48. The number of cyclic esters (lactones) is 1. The minimum atomic E-state index is -1.98. The molecular formula is C65H95N9O11. The molecule has 11 atom stereocenters. The number of nitrogens with zero attached hydrogens (tertiary/aromatic N) is 6. The van der Waals surface area contributed by atoms with Crippen molar-refractivity contribution >= 4 is 53.2 Å². The Bertz CT molecular complexity index is 2810. The number of hydrogen-bond acceptors (Lipinski definition) is 12. The number of ether oxygens (including phenoxy) is 1. The van der Waals surface area contributed by atoms with Gasteiger partial charge in [0, 0.05) is 65.9 Å². The number of esters is 1. The van der Waals surface area contributed by atoms with Gasteiger partial charge in [0.2, 0.25) is 41.4 Å². The first-order valence-corrected chi connectivity index (χ1v) is 30.2. The number of amides is 8. The Morgan fingerprint density at radius 2 is 1.18 bits per heavy atom. The van der Waals surface area contributed by atoms with Crippen LogP contribution in [0.5, 0.6) is 0 Å². The maximum atomic E-state index is 15.6. The van der Waals surface area contributed by atoms with Crippen LogP contribution in [-0.4, -0.2) is 183 Å². The number of rotatable bonds is 14. The van der Waals surface area contributed by atoms with Gasteiger partial charge in [-0.05, 0) is 91.5 Å². The molecule has 5 rings (SSSR count). The molecule has 85 heavy (non-hydrogen) atoms. The fraction of sp³-hybridized carbons (Fsp3) is 0.600. The predicted octanol–water partition coefficient (Wildman–Crippen LogP) is 5.43.